The molecule has 172 valence electrons. The van der Waals surface area contributed by atoms with E-state index in [1.807, 2.05) is 30.3 Å². The van der Waals surface area contributed by atoms with Crippen LogP contribution in [0.3, 0.4) is 0 Å². The standard InChI is InChI=1S/C23H25N5O5/c24-21(30)19(10-15-6-8-18(29)9-7-15)27-22(31)20(11-17-12-25-14-26-17)28-23(32)33-13-16-4-2-1-3-5-16/h1-9,12,14,19-20,29H,10-11,13H2,(H2,24,30)(H,25,26)(H,27,31)(H,28,32)/t19-,20+/m1/s1. The van der Waals surface area contributed by atoms with Gasteiger partial charge in [0, 0.05) is 24.7 Å². The van der Waals surface area contributed by atoms with Gasteiger partial charge in [0.2, 0.25) is 11.8 Å². The number of rotatable bonds is 10. The van der Waals surface area contributed by atoms with E-state index in [4.69, 9.17) is 10.5 Å². The number of carbonyl (C=O) groups excluding carboxylic acids is 3. The van der Waals surface area contributed by atoms with Gasteiger partial charge in [0.1, 0.15) is 24.4 Å². The molecule has 2 atom stereocenters. The van der Waals surface area contributed by atoms with Crippen LogP contribution in [0.25, 0.3) is 0 Å². The highest BCUT2D eigenvalue weighted by Crippen LogP contribution is 2.12. The van der Waals surface area contributed by atoms with Crippen LogP contribution in [0, 0.1) is 0 Å². The SMILES string of the molecule is NC(=O)[C@@H](Cc1ccc(O)cc1)NC(=O)[C@H](Cc1cnc[nH]1)NC(=O)OCc1ccccc1. The largest absolute Gasteiger partial charge is 0.508 e. The number of phenols is 1. The number of aromatic nitrogens is 2. The summed E-state index contributed by atoms with van der Waals surface area (Å²) in [4.78, 5) is 44.1. The quantitative estimate of drug-likeness (QED) is 0.311. The molecule has 0 aliphatic carbocycles. The van der Waals surface area contributed by atoms with Gasteiger partial charge < -0.3 is 31.2 Å². The van der Waals surface area contributed by atoms with E-state index in [2.05, 4.69) is 20.6 Å². The Balaban J connectivity index is 1.66. The number of imidazole rings is 1. The van der Waals surface area contributed by atoms with Crippen molar-refractivity contribution in [3.05, 3.63) is 83.9 Å². The maximum absolute atomic E-state index is 13.0. The molecule has 0 aliphatic heterocycles. The first-order chi connectivity index (χ1) is 15.9. The van der Waals surface area contributed by atoms with Crippen molar-refractivity contribution >= 4 is 17.9 Å². The third kappa shape index (κ3) is 7.39. The molecular formula is C23H25N5O5. The number of hydrogen-bond acceptors (Lipinski definition) is 6. The number of phenolic OH excluding ortho intramolecular Hbond substituents is 1. The lowest BCUT2D eigenvalue weighted by Crippen LogP contribution is -2.54. The molecule has 0 radical (unpaired) electrons. The Morgan fingerprint density at radius 3 is 2.33 bits per heavy atom. The molecule has 6 N–H and O–H groups in total. The molecule has 1 aromatic heterocycles. The number of benzene rings is 2. The lowest BCUT2D eigenvalue weighted by Gasteiger charge is -2.21. The van der Waals surface area contributed by atoms with Crippen LogP contribution >= 0.6 is 0 Å². The third-order valence-electron chi connectivity index (χ3n) is 4.84. The molecule has 10 heteroatoms. The Morgan fingerprint density at radius 2 is 1.70 bits per heavy atom. The van der Waals surface area contributed by atoms with E-state index in [1.54, 1.807) is 12.1 Å². The minimum Gasteiger partial charge on any atom is -0.508 e. The summed E-state index contributed by atoms with van der Waals surface area (Å²) in [6.45, 7) is 0.0375. The van der Waals surface area contributed by atoms with Crippen LogP contribution in [0.15, 0.2) is 67.1 Å². The van der Waals surface area contributed by atoms with Crippen molar-refractivity contribution in [1.29, 1.82) is 0 Å². The molecule has 10 nitrogen and oxygen atoms in total. The lowest BCUT2D eigenvalue weighted by molar-refractivity contribution is -0.128. The van der Waals surface area contributed by atoms with Gasteiger partial charge in [-0.25, -0.2) is 9.78 Å². The van der Waals surface area contributed by atoms with Gasteiger partial charge in [-0.1, -0.05) is 42.5 Å². The molecule has 3 rings (SSSR count). The number of primary amides is 1. The van der Waals surface area contributed by atoms with E-state index in [0.717, 1.165) is 5.56 Å². The van der Waals surface area contributed by atoms with E-state index >= 15 is 0 Å². The number of nitrogens with two attached hydrogens (primary N) is 1. The summed E-state index contributed by atoms with van der Waals surface area (Å²) in [7, 11) is 0. The fourth-order valence-electron chi connectivity index (χ4n) is 3.10. The van der Waals surface area contributed by atoms with Crippen LogP contribution in [0.2, 0.25) is 0 Å². The number of ether oxygens (including phenoxy) is 1. The first-order valence-electron chi connectivity index (χ1n) is 10.2. The van der Waals surface area contributed by atoms with Gasteiger partial charge in [-0.2, -0.15) is 0 Å². The van der Waals surface area contributed by atoms with Gasteiger partial charge in [-0.15, -0.1) is 0 Å². The van der Waals surface area contributed by atoms with Crippen molar-refractivity contribution in [3.8, 4) is 5.75 Å². The van der Waals surface area contributed by atoms with E-state index in [0.29, 0.717) is 11.3 Å². The van der Waals surface area contributed by atoms with Crippen molar-refractivity contribution in [2.45, 2.75) is 31.5 Å². The smallest absolute Gasteiger partial charge is 0.408 e. The van der Waals surface area contributed by atoms with Crippen LogP contribution in [0.4, 0.5) is 4.79 Å². The minimum absolute atomic E-state index is 0.0375. The highest BCUT2D eigenvalue weighted by molar-refractivity contribution is 5.91. The van der Waals surface area contributed by atoms with Gasteiger partial charge in [0.05, 0.1) is 6.33 Å². The third-order valence-corrected chi connectivity index (χ3v) is 4.84. The summed E-state index contributed by atoms with van der Waals surface area (Å²) in [6.07, 6.45) is 2.41. The van der Waals surface area contributed by atoms with Crippen LogP contribution in [-0.4, -0.2) is 45.1 Å². The molecule has 0 saturated heterocycles. The summed E-state index contributed by atoms with van der Waals surface area (Å²) in [5, 5.41) is 14.5. The first kappa shape index (κ1) is 23.3. The minimum atomic E-state index is -1.05. The Labute approximate surface area is 190 Å². The second-order valence-corrected chi connectivity index (χ2v) is 7.37. The average molecular weight is 451 g/mol. The zero-order valence-corrected chi connectivity index (χ0v) is 17.7. The second-order valence-electron chi connectivity index (χ2n) is 7.37. The molecule has 0 spiro atoms. The fraction of sp³-hybridized carbons (Fsp3) is 0.217. The number of hydrogen-bond donors (Lipinski definition) is 5. The molecular weight excluding hydrogens is 426 g/mol. The number of nitrogens with one attached hydrogen (secondary N) is 3. The molecule has 3 amide bonds. The normalized spacial score (nSPS) is 12.4. The molecule has 3 aromatic rings. The van der Waals surface area contributed by atoms with Crippen molar-refractivity contribution in [1.82, 2.24) is 20.6 Å². The highest BCUT2D eigenvalue weighted by Gasteiger charge is 2.27. The average Bonchev–Trinajstić information content (AvgIpc) is 3.32. The van der Waals surface area contributed by atoms with E-state index in [9.17, 15) is 19.5 Å². The molecule has 0 aliphatic rings. The number of H-pyrrole nitrogens is 1. The molecule has 2 aromatic carbocycles. The maximum Gasteiger partial charge on any atom is 0.408 e. The van der Waals surface area contributed by atoms with Crippen molar-refractivity contribution in [2.24, 2.45) is 5.73 Å². The van der Waals surface area contributed by atoms with Crippen LogP contribution in [0.1, 0.15) is 16.8 Å². The zero-order chi connectivity index (χ0) is 23.6. The number of amides is 3. The number of aromatic hydroxyl groups is 1. The van der Waals surface area contributed by atoms with Crippen molar-refractivity contribution < 1.29 is 24.2 Å². The van der Waals surface area contributed by atoms with E-state index in [-0.39, 0.29) is 25.2 Å². The monoisotopic (exact) mass is 451 g/mol. The fourth-order valence-corrected chi connectivity index (χ4v) is 3.10. The van der Waals surface area contributed by atoms with Gasteiger partial charge in [-0.05, 0) is 23.3 Å². The van der Waals surface area contributed by atoms with E-state index < -0.39 is 30.0 Å². The second kappa shape index (κ2) is 11.3. The predicted molar refractivity (Wildman–Crippen MR) is 119 cm³/mol. The number of nitrogens with zero attached hydrogens (tertiary/aromatic N) is 1. The van der Waals surface area contributed by atoms with Crippen molar-refractivity contribution in [2.75, 3.05) is 0 Å². The molecule has 0 saturated carbocycles. The molecule has 1 heterocycles. The van der Waals surface area contributed by atoms with E-state index in [1.165, 1.54) is 24.7 Å². The molecule has 33 heavy (non-hydrogen) atoms. The molecule has 0 bridgehead atoms. The topological polar surface area (TPSA) is 159 Å². The summed E-state index contributed by atoms with van der Waals surface area (Å²) in [6, 6.07) is 13.2. The van der Waals surface area contributed by atoms with Gasteiger partial charge >= 0.3 is 6.09 Å². The van der Waals surface area contributed by atoms with Crippen LogP contribution in [-0.2, 0) is 33.8 Å². The maximum atomic E-state index is 13.0. The zero-order valence-electron chi connectivity index (χ0n) is 17.7. The number of carbonyl (C=O) groups is 3. The molecule has 0 unspecified atom stereocenters. The predicted octanol–water partition coefficient (Wildman–Crippen LogP) is 1.17. The summed E-state index contributed by atoms with van der Waals surface area (Å²) in [5.41, 5.74) is 7.57. The van der Waals surface area contributed by atoms with Gasteiger partial charge in [0.15, 0.2) is 0 Å². The number of aromatic amines is 1. The Hall–Kier alpha value is -4.34. The summed E-state index contributed by atoms with van der Waals surface area (Å²) < 4.78 is 5.22. The Kier molecular flexibility index (Phi) is 8.01. The lowest BCUT2D eigenvalue weighted by atomic mass is 10.0. The first-order valence-corrected chi connectivity index (χ1v) is 10.2. The summed E-state index contributed by atoms with van der Waals surface area (Å²) >= 11 is 0. The molecule has 0 fully saturated rings. The highest BCUT2D eigenvalue weighted by atomic mass is 16.5. The van der Waals surface area contributed by atoms with Crippen LogP contribution < -0.4 is 16.4 Å². The summed E-state index contributed by atoms with van der Waals surface area (Å²) in [5.74, 6) is -1.26. The Bertz CT molecular complexity index is 1050. The van der Waals surface area contributed by atoms with Gasteiger partial charge in [0.25, 0.3) is 0 Å². The van der Waals surface area contributed by atoms with Gasteiger partial charge in [-0.3, -0.25) is 9.59 Å². The van der Waals surface area contributed by atoms with Crippen LogP contribution in [0.5, 0.6) is 5.75 Å². The number of alkyl carbamates (subject to hydrolysis) is 1. The Morgan fingerprint density at radius 1 is 0.970 bits per heavy atom. The van der Waals surface area contributed by atoms with Crippen molar-refractivity contribution in [3.63, 3.8) is 0 Å².